The number of hydrogen-bond acceptors (Lipinski definition) is 3. The molecule has 28 heavy (non-hydrogen) atoms. The van der Waals surface area contributed by atoms with Gasteiger partial charge in [-0.3, -0.25) is 5.32 Å². The van der Waals surface area contributed by atoms with Gasteiger partial charge in [0.15, 0.2) is 10.9 Å². The number of nitrogens with zero attached hydrogens (tertiary/aromatic N) is 1. The lowest BCUT2D eigenvalue weighted by Crippen LogP contribution is -2.33. The molecule has 4 nitrogen and oxygen atoms in total. The first-order chi connectivity index (χ1) is 13.6. The Kier molecular flexibility index (Phi) is 4.99. The SMILES string of the molecule is O=C(Nc1nc2c(F)cc(F)cc2s1)NC(c1ccccc1)c1ccccc1. The van der Waals surface area contributed by atoms with Gasteiger partial charge in [-0.15, -0.1) is 0 Å². The number of urea groups is 1. The van der Waals surface area contributed by atoms with Gasteiger partial charge in [0.25, 0.3) is 0 Å². The molecule has 0 atom stereocenters. The van der Waals surface area contributed by atoms with Gasteiger partial charge in [0, 0.05) is 6.07 Å². The van der Waals surface area contributed by atoms with Crippen molar-refractivity contribution in [3.8, 4) is 0 Å². The van der Waals surface area contributed by atoms with Crippen molar-refractivity contribution in [1.29, 1.82) is 0 Å². The summed E-state index contributed by atoms with van der Waals surface area (Å²) in [6.07, 6.45) is 0. The second-order valence-corrected chi connectivity index (χ2v) is 7.14. The van der Waals surface area contributed by atoms with Crippen LogP contribution in [0.25, 0.3) is 10.2 Å². The van der Waals surface area contributed by atoms with Crippen molar-refractivity contribution in [1.82, 2.24) is 10.3 Å². The molecule has 4 rings (SSSR count). The quantitative estimate of drug-likeness (QED) is 0.480. The van der Waals surface area contributed by atoms with E-state index >= 15 is 0 Å². The van der Waals surface area contributed by atoms with Gasteiger partial charge in [-0.2, -0.15) is 0 Å². The van der Waals surface area contributed by atoms with Crippen molar-refractivity contribution in [2.45, 2.75) is 6.04 Å². The molecule has 4 aromatic rings. The zero-order chi connectivity index (χ0) is 19.5. The number of carbonyl (C=O) groups is 1. The van der Waals surface area contributed by atoms with E-state index in [1.807, 2.05) is 60.7 Å². The van der Waals surface area contributed by atoms with Crippen LogP contribution in [-0.2, 0) is 0 Å². The van der Waals surface area contributed by atoms with E-state index < -0.39 is 17.7 Å². The highest BCUT2D eigenvalue weighted by Gasteiger charge is 2.18. The molecular formula is C21H15F2N3OS. The molecule has 2 amide bonds. The third-order valence-corrected chi connectivity index (χ3v) is 5.09. The Labute approximate surface area is 163 Å². The van der Waals surface area contributed by atoms with Crippen LogP contribution in [0.15, 0.2) is 72.8 Å². The van der Waals surface area contributed by atoms with E-state index in [9.17, 15) is 13.6 Å². The molecule has 0 saturated heterocycles. The van der Waals surface area contributed by atoms with Gasteiger partial charge in [-0.05, 0) is 17.2 Å². The summed E-state index contributed by atoms with van der Waals surface area (Å²) in [5.74, 6) is -1.44. The molecule has 1 aromatic heterocycles. The standard InChI is InChI=1S/C21H15F2N3OS/c22-15-11-16(23)19-17(12-15)28-21(25-19)26-20(27)24-18(13-7-3-1-4-8-13)14-9-5-2-6-10-14/h1-12,18H,(H2,24,25,26,27). The summed E-state index contributed by atoms with van der Waals surface area (Å²) in [6, 6.07) is 20.2. The summed E-state index contributed by atoms with van der Waals surface area (Å²) in [6.45, 7) is 0. The number of hydrogen-bond donors (Lipinski definition) is 2. The van der Waals surface area contributed by atoms with E-state index in [1.165, 1.54) is 6.07 Å². The van der Waals surface area contributed by atoms with Crippen LogP contribution in [0, 0.1) is 11.6 Å². The first-order valence-electron chi connectivity index (χ1n) is 8.53. The Morgan fingerprint density at radius 3 is 2.14 bits per heavy atom. The smallest absolute Gasteiger partial charge is 0.321 e. The summed E-state index contributed by atoms with van der Waals surface area (Å²) < 4.78 is 27.5. The highest BCUT2D eigenvalue weighted by Crippen LogP contribution is 2.29. The molecule has 3 aromatic carbocycles. The summed E-state index contributed by atoms with van der Waals surface area (Å²) in [7, 11) is 0. The van der Waals surface area contributed by atoms with Gasteiger partial charge in [0.1, 0.15) is 11.3 Å². The summed E-state index contributed by atoms with van der Waals surface area (Å²) in [5, 5.41) is 5.73. The van der Waals surface area contributed by atoms with E-state index in [-0.39, 0.29) is 16.7 Å². The average Bonchev–Trinajstić information content (AvgIpc) is 3.10. The molecule has 0 saturated carbocycles. The third-order valence-electron chi connectivity index (χ3n) is 4.17. The molecule has 0 bridgehead atoms. The Morgan fingerprint density at radius 1 is 0.929 bits per heavy atom. The Bertz CT molecular complexity index is 1080. The predicted molar refractivity (Wildman–Crippen MR) is 106 cm³/mol. The fourth-order valence-corrected chi connectivity index (χ4v) is 3.83. The zero-order valence-electron chi connectivity index (χ0n) is 14.5. The van der Waals surface area contributed by atoms with Crippen LogP contribution in [0.3, 0.4) is 0 Å². The number of anilines is 1. The molecule has 0 aliphatic rings. The number of halogens is 2. The minimum Gasteiger partial charge on any atom is -0.327 e. The van der Waals surface area contributed by atoms with Gasteiger partial charge in [0.05, 0.1) is 10.7 Å². The topological polar surface area (TPSA) is 54.0 Å². The number of rotatable bonds is 4. The molecule has 1 heterocycles. The number of thiazole rings is 1. The number of benzene rings is 3. The minimum atomic E-state index is -0.758. The highest BCUT2D eigenvalue weighted by molar-refractivity contribution is 7.22. The molecule has 0 fully saturated rings. The number of nitrogens with one attached hydrogen (secondary N) is 2. The second kappa shape index (κ2) is 7.74. The highest BCUT2D eigenvalue weighted by atomic mass is 32.1. The van der Waals surface area contributed by atoms with Crippen molar-refractivity contribution >= 4 is 32.7 Å². The van der Waals surface area contributed by atoms with Crippen LogP contribution in [0.4, 0.5) is 18.7 Å². The van der Waals surface area contributed by atoms with Crippen LogP contribution < -0.4 is 10.6 Å². The Hall–Kier alpha value is -3.32. The maximum Gasteiger partial charge on any atom is 0.321 e. The van der Waals surface area contributed by atoms with Crippen LogP contribution in [0.5, 0.6) is 0 Å². The summed E-state index contributed by atoms with van der Waals surface area (Å²) in [5.41, 5.74) is 1.87. The van der Waals surface area contributed by atoms with Gasteiger partial charge in [-0.1, -0.05) is 72.0 Å². The van der Waals surface area contributed by atoms with Crippen molar-refractivity contribution in [2.24, 2.45) is 0 Å². The van der Waals surface area contributed by atoms with Crippen LogP contribution in [0.1, 0.15) is 17.2 Å². The fourth-order valence-electron chi connectivity index (χ4n) is 2.93. The normalized spacial score (nSPS) is 11.0. The molecule has 7 heteroatoms. The van der Waals surface area contributed by atoms with Crippen molar-refractivity contribution in [3.05, 3.63) is 95.6 Å². The van der Waals surface area contributed by atoms with Crippen LogP contribution in [-0.4, -0.2) is 11.0 Å². The molecule has 0 spiro atoms. The number of fused-ring (bicyclic) bond motifs is 1. The van der Waals surface area contributed by atoms with Crippen molar-refractivity contribution < 1.29 is 13.6 Å². The predicted octanol–water partition coefficient (Wildman–Crippen LogP) is 5.49. The molecule has 2 N–H and O–H groups in total. The molecule has 0 radical (unpaired) electrons. The van der Waals surface area contributed by atoms with E-state index in [0.717, 1.165) is 28.5 Å². The third kappa shape index (κ3) is 3.84. The molecule has 140 valence electrons. The van der Waals surface area contributed by atoms with Gasteiger partial charge in [0.2, 0.25) is 0 Å². The molecular weight excluding hydrogens is 380 g/mol. The first-order valence-corrected chi connectivity index (χ1v) is 9.35. The maximum atomic E-state index is 13.8. The van der Waals surface area contributed by atoms with Crippen molar-refractivity contribution in [3.63, 3.8) is 0 Å². The molecule has 0 aliphatic heterocycles. The largest absolute Gasteiger partial charge is 0.327 e. The van der Waals surface area contributed by atoms with E-state index in [1.54, 1.807) is 0 Å². The number of carbonyl (C=O) groups excluding carboxylic acids is 1. The number of aromatic nitrogens is 1. The number of amides is 2. The van der Waals surface area contributed by atoms with Crippen molar-refractivity contribution in [2.75, 3.05) is 5.32 Å². The summed E-state index contributed by atoms with van der Waals surface area (Å²) >= 11 is 1.01. The van der Waals surface area contributed by atoms with Gasteiger partial charge < -0.3 is 5.32 Å². The fraction of sp³-hybridized carbons (Fsp3) is 0.0476. The zero-order valence-corrected chi connectivity index (χ0v) is 15.3. The van der Waals surface area contributed by atoms with E-state index in [2.05, 4.69) is 15.6 Å². The lowest BCUT2D eigenvalue weighted by atomic mass is 9.99. The average molecular weight is 395 g/mol. The first kappa shape index (κ1) is 18.1. The van der Waals surface area contributed by atoms with Crippen LogP contribution in [0.2, 0.25) is 0 Å². The van der Waals surface area contributed by atoms with E-state index in [0.29, 0.717) is 4.70 Å². The summed E-state index contributed by atoms with van der Waals surface area (Å²) in [4.78, 5) is 16.6. The molecule has 0 unspecified atom stereocenters. The van der Waals surface area contributed by atoms with Gasteiger partial charge >= 0.3 is 6.03 Å². The maximum absolute atomic E-state index is 13.8. The molecule has 0 aliphatic carbocycles. The van der Waals surface area contributed by atoms with Crippen LogP contribution >= 0.6 is 11.3 Å². The minimum absolute atomic E-state index is 0.0318. The Morgan fingerprint density at radius 2 is 1.54 bits per heavy atom. The Balaban J connectivity index is 1.58. The second-order valence-electron chi connectivity index (χ2n) is 6.11. The lowest BCUT2D eigenvalue weighted by Gasteiger charge is -2.19. The van der Waals surface area contributed by atoms with E-state index in [4.69, 9.17) is 0 Å². The lowest BCUT2D eigenvalue weighted by molar-refractivity contribution is 0.250. The van der Waals surface area contributed by atoms with Gasteiger partial charge in [-0.25, -0.2) is 18.6 Å². The monoisotopic (exact) mass is 395 g/mol.